The predicted octanol–water partition coefficient (Wildman–Crippen LogP) is 4.08. The second-order valence-corrected chi connectivity index (χ2v) is 5.38. The van der Waals surface area contributed by atoms with Crippen molar-refractivity contribution < 1.29 is 19.8 Å². The SMILES string of the molecule is CCCCc1cc(C(=O)O)c(C(=O)O)c(CCCC)c1C. The van der Waals surface area contributed by atoms with E-state index in [4.69, 9.17) is 0 Å². The molecule has 0 saturated heterocycles. The minimum absolute atomic E-state index is 0.0336. The minimum Gasteiger partial charge on any atom is -0.478 e. The zero-order valence-corrected chi connectivity index (χ0v) is 13.0. The molecule has 0 fully saturated rings. The van der Waals surface area contributed by atoms with E-state index < -0.39 is 11.9 Å². The highest BCUT2D eigenvalue weighted by Gasteiger charge is 2.23. The first-order valence-electron chi connectivity index (χ1n) is 7.55. The van der Waals surface area contributed by atoms with E-state index in [-0.39, 0.29) is 11.1 Å². The Kier molecular flexibility index (Phi) is 6.40. The molecule has 21 heavy (non-hydrogen) atoms. The molecule has 116 valence electrons. The van der Waals surface area contributed by atoms with Gasteiger partial charge < -0.3 is 10.2 Å². The molecular weight excluding hydrogens is 268 g/mol. The van der Waals surface area contributed by atoms with Gasteiger partial charge in [0.15, 0.2) is 0 Å². The predicted molar refractivity (Wildman–Crippen MR) is 82.3 cm³/mol. The molecule has 0 spiro atoms. The molecule has 4 nitrogen and oxygen atoms in total. The number of carboxylic acids is 2. The van der Waals surface area contributed by atoms with E-state index in [1.807, 2.05) is 13.8 Å². The summed E-state index contributed by atoms with van der Waals surface area (Å²) >= 11 is 0. The van der Waals surface area contributed by atoms with Gasteiger partial charge in [0.05, 0.1) is 11.1 Å². The lowest BCUT2D eigenvalue weighted by atomic mass is 9.87. The maximum absolute atomic E-state index is 11.5. The number of hydrogen-bond acceptors (Lipinski definition) is 2. The Morgan fingerprint density at radius 2 is 1.57 bits per heavy atom. The number of carboxylic acid groups (broad SMARTS) is 2. The van der Waals surface area contributed by atoms with Gasteiger partial charge in [-0.2, -0.15) is 0 Å². The summed E-state index contributed by atoms with van der Waals surface area (Å²) < 4.78 is 0. The zero-order chi connectivity index (χ0) is 16.0. The van der Waals surface area contributed by atoms with E-state index in [9.17, 15) is 19.8 Å². The molecule has 0 aromatic heterocycles. The minimum atomic E-state index is -1.16. The van der Waals surface area contributed by atoms with Gasteiger partial charge in [-0.15, -0.1) is 0 Å². The third-order valence-corrected chi connectivity index (χ3v) is 3.85. The van der Waals surface area contributed by atoms with Gasteiger partial charge in [0.2, 0.25) is 0 Å². The van der Waals surface area contributed by atoms with Gasteiger partial charge in [-0.3, -0.25) is 0 Å². The third-order valence-electron chi connectivity index (χ3n) is 3.85. The Bertz CT molecular complexity index is 532. The molecule has 0 aliphatic rings. The topological polar surface area (TPSA) is 74.6 Å². The molecule has 0 bridgehead atoms. The largest absolute Gasteiger partial charge is 0.478 e. The Hall–Kier alpha value is -1.84. The van der Waals surface area contributed by atoms with Crippen molar-refractivity contribution in [3.8, 4) is 0 Å². The maximum Gasteiger partial charge on any atom is 0.336 e. The van der Waals surface area contributed by atoms with Crippen LogP contribution in [0.3, 0.4) is 0 Å². The summed E-state index contributed by atoms with van der Waals surface area (Å²) in [7, 11) is 0. The summed E-state index contributed by atoms with van der Waals surface area (Å²) in [6.45, 7) is 6.03. The van der Waals surface area contributed by atoms with E-state index in [2.05, 4.69) is 6.92 Å². The van der Waals surface area contributed by atoms with Crippen LogP contribution in [0, 0.1) is 6.92 Å². The smallest absolute Gasteiger partial charge is 0.336 e. The van der Waals surface area contributed by atoms with Crippen molar-refractivity contribution in [2.75, 3.05) is 0 Å². The van der Waals surface area contributed by atoms with E-state index in [0.717, 1.165) is 43.2 Å². The first-order chi connectivity index (χ1) is 9.93. The van der Waals surface area contributed by atoms with Gasteiger partial charge in [-0.05, 0) is 55.4 Å². The lowest BCUT2D eigenvalue weighted by molar-refractivity contribution is 0.0650. The van der Waals surface area contributed by atoms with Crippen LogP contribution in [0.5, 0.6) is 0 Å². The molecule has 0 atom stereocenters. The van der Waals surface area contributed by atoms with Crippen molar-refractivity contribution >= 4 is 11.9 Å². The lowest BCUT2D eigenvalue weighted by Gasteiger charge is -2.17. The monoisotopic (exact) mass is 292 g/mol. The van der Waals surface area contributed by atoms with Crippen molar-refractivity contribution in [1.29, 1.82) is 0 Å². The van der Waals surface area contributed by atoms with Gasteiger partial charge in [0.25, 0.3) is 0 Å². The van der Waals surface area contributed by atoms with Gasteiger partial charge in [0, 0.05) is 0 Å². The molecule has 0 unspecified atom stereocenters. The van der Waals surface area contributed by atoms with E-state index in [0.29, 0.717) is 12.0 Å². The van der Waals surface area contributed by atoms with E-state index >= 15 is 0 Å². The standard InChI is InChI=1S/C17H24O4/c1-4-6-8-12-10-14(16(18)19)15(17(20)21)13(11(12)3)9-7-5-2/h10H,4-9H2,1-3H3,(H,18,19)(H,20,21). The number of carbonyl (C=O) groups is 2. The van der Waals surface area contributed by atoms with Crippen molar-refractivity contribution in [3.05, 3.63) is 33.9 Å². The number of benzene rings is 1. The number of rotatable bonds is 8. The maximum atomic E-state index is 11.5. The number of unbranched alkanes of at least 4 members (excludes halogenated alkanes) is 2. The first kappa shape index (κ1) is 17.2. The van der Waals surface area contributed by atoms with Crippen LogP contribution in [0.2, 0.25) is 0 Å². The molecule has 0 radical (unpaired) electrons. The highest BCUT2D eigenvalue weighted by atomic mass is 16.4. The summed E-state index contributed by atoms with van der Waals surface area (Å²) in [6.07, 6.45) is 5.20. The molecule has 0 heterocycles. The summed E-state index contributed by atoms with van der Waals surface area (Å²) in [5.74, 6) is -2.31. The highest BCUT2D eigenvalue weighted by molar-refractivity contribution is 6.03. The van der Waals surface area contributed by atoms with Gasteiger partial charge in [0.1, 0.15) is 0 Å². The molecule has 1 aromatic rings. The van der Waals surface area contributed by atoms with Crippen LogP contribution in [-0.2, 0) is 12.8 Å². The fourth-order valence-corrected chi connectivity index (χ4v) is 2.60. The Morgan fingerprint density at radius 3 is 2.05 bits per heavy atom. The van der Waals surface area contributed by atoms with E-state index in [1.54, 1.807) is 6.07 Å². The zero-order valence-electron chi connectivity index (χ0n) is 13.0. The third kappa shape index (κ3) is 4.06. The highest BCUT2D eigenvalue weighted by Crippen LogP contribution is 2.26. The van der Waals surface area contributed by atoms with Crippen LogP contribution in [-0.4, -0.2) is 22.2 Å². The molecule has 1 rings (SSSR count). The second-order valence-electron chi connectivity index (χ2n) is 5.38. The first-order valence-corrected chi connectivity index (χ1v) is 7.55. The van der Waals surface area contributed by atoms with Crippen molar-refractivity contribution in [2.45, 2.75) is 59.3 Å². The molecule has 0 amide bonds. The molecule has 0 saturated carbocycles. The summed E-state index contributed by atoms with van der Waals surface area (Å²) in [5.41, 5.74) is 2.49. The van der Waals surface area contributed by atoms with Crippen LogP contribution in [0.15, 0.2) is 6.07 Å². The number of aromatic carboxylic acids is 2. The molecule has 4 heteroatoms. The Labute approximate surface area is 125 Å². The number of hydrogen-bond donors (Lipinski definition) is 2. The van der Waals surface area contributed by atoms with Crippen LogP contribution >= 0.6 is 0 Å². The van der Waals surface area contributed by atoms with Crippen LogP contribution in [0.25, 0.3) is 0 Å². The number of aryl methyl sites for hydroxylation is 1. The van der Waals surface area contributed by atoms with Gasteiger partial charge >= 0.3 is 11.9 Å². The van der Waals surface area contributed by atoms with Crippen LogP contribution in [0.1, 0.15) is 76.9 Å². The molecular formula is C17H24O4. The van der Waals surface area contributed by atoms with Crippen LogP contribution in [0.4, 0.5) is 0 Å². The van der Waals surface area contributed by atoms with Crippen molar-refractivity contribution in [1.82, 2.24) is 0 Å². The van der Waals surface area contributed by atoms with Crippen molar-refractivity contribution in [3.63, 3.8) is 0 Å². The van der Waals surface area contributed by atoms with Crippen molar-refractivity contribution in [2.24, 2.45) is 0 Å². The average molecular weight is 292 g/mol. The molecule has 2 N–H and O–H groups in total. The van der Waals surface area contributed by atoms with Crippen LogP contribution < -0.4 is 0 Å². The summed E-state index contributed by atoms with van der Waals surface area (Å²) in [6, 6.07) is 1.55. The average Bonchev–Trinajstić information content (AvgIpc) is 2.43. The lowest BCUT2D eigenvalue weighted by Crippen LogP contribution is -2.15. The quantitative estimate of drug-likeness (QED) is 0.757. The fourth-order valence-electron chi connectivity index (χ4n) is 2.60. The summed E-state index contributed by atoms with van der Waals surface area (Å²) in [4.78, 5) is 23.0. The fraction of sp³-hybridized carbons (Fsp3) is 0.529. The normalized spacial score (nSPS) is 10.6. The Balaban J connectivity index is 3.48. The molecule has 0 aliphatic carbocycles. The van der Waals surface area contributed by atoms with Gasteiger partial charge in [-0.1, -0.05) is 26.7 Å². The second kappa shape index (κ2) is 7.81. The van der Waals surface area contributed by atoms with Gasteiger partial charge in [-0.25, -0.2) is 9.59 Å². The molecule has 0 aliphatic heterocycles. The summed E-state index contributed by atoms with van der Waals surface area (Å²) in [5, 5.41) is 18.8. The Morgan fingerprint density at radius 1 is 1.00 bits per heavy atom. The molecule has 1 aromatic carbocycles. The van der Waals surface area contributed by atoms with E-state index in [1.165, 1.54) is 0 Å².